The van der Waals surface area contributed by atoms with E-state index in [0.29, 0.717) is 38.4 Å². The molecular formula is C20H21BrF4N4O. The molecule has 162 valence electrons. The van der Waals surface area contributed by atoms with E-state index in [1.165, 1.54) is 16.8 Å². The third kappa shape index (κ3) is 4.69. The number of hydrogen-bond acceptors (Lipinski definition) is 3. The van der Waals surface area contributed by atoms with E-state index in [1.807, 2.05) is 0 Å². The Morgan fingerprint density at radius 1 is 1.10 bits per heavy atom. The van der Waals surface area contributed by atoms with Gasteiger partial charge in [0.05, 0.1) is 10.2 Å². The number of benzene rings is 1. The molecule has 30 heavy (non-hydrogen) atoms. The van der Waals surface area contributed by atoms with Gasteiger partial charge in [-0.1, -0.05) is 12.1 Å². The molecule has 1 aromatic heterocycles. The lowest BCUT2D eigenvalue weighted by molar-refractivity contribution is -0.142. The van der Waals surface area contributed by atoms with Crippen LogP contribution in [0.25, 0.3) is 0 Å². The first kappa shape index (κ1) is 21.3. The summed E-state index contributed by atoms with van der Waals surface area (Å²) < 4.78 is 53.9. The highest BCUT2D eigenvalue weighted by atomic mass is 79.9. The smallest absolute Gasteiger partial charge is 0.339 e. The summed E-state index contributed by atoms with van der Waals surface area (Å²) in [6.07, 6.45) is -2.96. The van der Waals surface area contributed by atoms with Gasteiger partial charge in [-0.15, -0.1) is 0 Å². The molecule has 2 fully saturated rings. The third-order valence-electron chi connectivity index (χ3n) is 5.49. The van der Waals surface area contributed by atoms with Crippen LogP contribution in [0.1, 0.15) is 35.7 Å². The van der Waals surface area contributed by atoms with Crippen molar-refractivity contribution in [3.63, 3.8) is 0 Å². The second kappa shape index (κ2) is 8.30. The van der Waals surface area contributed by atoms with Crippen LogP contribution in [0.4, 0.5) is 17.6 Å². The molecule has 0 N–H and O–H groups in total. The van der Waals surface area contributed by atoms with Gasteiger partial charge in [0.1, 0.15) is 12.4 Å². The Morgan fingerprint density at radius 2 is 1.73 bits per heavy atom. The van der Waals surface area contributed by atoms with Crippen LogP contribution in [0, 0.1) is 5.82 Å². The van der Waals surface area contributed by atoms with Gasteiger partial charge >= 0.3 is 6.18 Å². The summed E-state index contributed by atoms with van der Waals surface area (Å²) in [4.78, 5) is 16.6. The Bertz CT molecular complexity index is 916. The van der Waals surface area contributed by atoms with E-state index in [9.17, 15) is 22.4 Å². The van der Waals surface area contributed by atoms with Gasteiger partial charge in [0.2, 0.25) is 5.91 Å². The van der Waals surface area contributed by atoms with Crippen LogP contribution in [-0.2, 0) is 24.1 Å². The first-order valence-corrected chi connectivity index (χ1v) is 10.6. The molecule has 0 unspecified atom stereocenters. The number of aromatic nitrogens is 2. The highest BCUT2D eigenvalue weighted by Crippen LogP contribution is 2.47. The number of nitrogens with zero attached hydrogens (tertiary/aromatic N) is 4. The van der Waals surface area contributed by atoms with Gasteiger partial charge in [0.25, 0.3) is 0 Å². The average Bonchev–Trinajstić information content (AvgIpc) is 3.47. The summed E-state index contributed by atoms with van der Waals surface area (Å²) in [6.45, 7) is 2.75. The lowest BCUT2D eigenvalue weighted by atomic mass is 10.2. The molecular weight excluding hydrogens is 468 g/mol. The van der Waals surface area contributed by atoms with E-state index >= 15 is 0 Å². The zero-order valence-electron chi connectivity index (χ0n) is 16.1. The molecule has 1 saturated carbocycles. The van der Waals surface area contributed by atoms with Gasteiger partial charge in [-0.05, 0) is 46.5 Å². The highest BCUT2D eigenvalue weighted by Gasteiger charge is 2.42. The fourth-order valence-corrected chi connectivity index (χ4v) is 4.57. The lowest BCUT2D eigenvalue weighted by Gasteiger charge is -2.34. The van der Waals surface area contributed by atoms with E-state index in [-0.39, 0.29) is 28.7 Å². The molecule has 2 aromatic rings. The van der Waals surface area contributed by atoms with Gasteiger partial charge in [-0.25, -0.2) is 4.39 Å². The molecule has 0 spiro atoms. The molecule has 1 saturated heterocycles. The first-order valence-electron chi connectivity index (χ1n) is 9.80. The minimum atomic E-state index is -4.57. The molecule has 2 aliphatic rings. The molecule has 5 nitrogen and oxygen atoms in total. The van der Waals surface area contributed by atoms with Crippen LogP contribution in [0.15, 0.2) is 28.7 Å². The van der Waals surface area contributed by atoms with Gasteiger partial charge in [-0.3, -0.25) is 14.4 Å². The number of piperazine rings is 1. The van der Waals surface area contributed by atoms with Gasteiger partial charge in [0.15, 0.2) is 5.69 Å². The predicted molar refractivity (Wildman–Crippen MR) is 105 cm³/mol. The Balaban J connectivity index is 1.38. The summed E-state index contributed by atoms with van der Waals surface area (Å²) in [5.41, 5.74) is 0.485. The highest BCUT2D eigenvalue weighted by molar-refractivity contribution is 9.10. The maximum absolute atomic E-state index is 13.2. The summed E-state index contributed by atoms with van der Waals surface area (Å²) in [7, 11) is 0. The maximum atomic E-state index is 13.2. The van der Waals surface area contributed by atoms with Crippen molar-refractivity contribution in [1.29, 1.82) is 0 Å². The molecule has 1 aliphatic heterocycles. The molecule has 4 rings (SSSR count). The number of rotatable bonds is 5. The van der Waals surface area contributed by atoms with Gasteiger partial charge in [0, 0.05) is 38.6 Å². The van der Waals surface area contributed by atoms with Crippen molar-refractivity contribution in [3.05, 3.63) is 51.5 Å². The van der Waals surface area contributed by atoms with Crippen molar-refractivity contribution < 1.29 is 22.4 Å². The van der Waals surface area contributed by atoms with Crippen molar-refractivity contribution in [2.45, 2.75) is 38.0 Å². The number of alkyl halides is 3. The van der Waals surface area contributed by atoms with Crippen molar-refractivity contribution in [2.24, 2.45) is 0 Å². The summed E-state index contributed by atoms with van der Waals surface area (Å²) in [6, 6.07) is 6.31. The zero-order chi connectivity index (χ0) is 21.5. The number of amides is 1. The topological polar surface area (TPSA) is 41.4 Å². The zero-order valence-corrected chi connectivity index (χ0v) is 17.7. The average molecular weight is 489 g/mol. The third-order valence-corrected chi connectivity index (χ3v) is 6.28. The Kier molecular flexibility index (Phi) is 5.89. The molecule has 0 atom stereocenters. The number of carbonyl (C=O) groups excluding carboxylic acids is 1. The molecule has 10 heteroatoms. The fraction of sp³-hybridized carbons (Fsp3) is 0.500. The van der Waals surface area contributed by atoms with E-state index < -0.39 is 11.9 Å². The molecule has 1 aromatic carbocycles. The molecule has 1 aliphatic carbocycles. The first-order chi connectivity index (χ1) is 14.2. The Morgan fingerprint density at radius 3 is 2.30 bits per heavy atom. The predicted octanol–water partition coefficient (Wildman–Crippen LogP) is 4.03. The number of halogens is 5. The van der Waals surface area contributed by atoms with E-state index in [0.717, 1.165) is 18.4 Å². The lowest BCUT2D eigenvalue weighted by Crippen LogP contribution is -2.49. The van der Waals surface area contributed by atoms with Crippen LogP contribution in [0.5, 0.6) is 0 Å². The SMILES string of the molecule is O=C(Cn1nc(C(F)(F)F)c(Br)c1C1CC1)N1CCN(Cc2ccc(F)cc2)CC1. The van der Waals surface area contributed by atoms with Crippen LogP contribution in [0.3, 0.4) is 0 Å². The van der Waals surface area contributed by atoms with Gasteiger partial charge in [-0.2, -0.15) is 18.3 Å². The summed E-state index contributed by atoms with van der Waals surface area (Å²) >= 11 is 3.05. The van der Waals surface area contributed by atoms with Crippen LogP contribution >= 0.6 is 15.9 Å². The van der Waals surface area contributed by atoms with Crippen molar-refractivity contribution in [2.75, 3.05) is 26.2 Å². The summed E-state index contributed by atoms with van der Waals surface area (Å²) in [5, 5.41) is 3.71. The van der Waals surface area contributed by atoms with Crippen molar-refractivity contribution in [3.8, 4) is 0 Å². The molecule has 0 radical (unpaired) electrons. The summed E-state index contributed by atoms with van der Waals surface area (Å²) in [5.74, 6) is -0.496. The van der Waals surface area contributed by atoms with Crippen LogP contribution in [-0.4, -0.2) is 51.7 Å². The number of carbonyl (C=O) groups is 1. The second-order valence-corrected chi connectivity index (χ2v) is 8.55. The largest absolute Gasteiger partial charge is 0.436 e. The molecule has 2 heterocycles. The second-order valence-electron chi connectivity index (χ2n) is 7.76. The van der Waals surface area contributed by atoms with E-state index in [1.54, 1.807) is 17.0 Å². The van der Waals surface area contributed by atoms with Crippen LogP contribution < -0.4 is 0 Å². The van der Waals surface area contributed by atoms with E-state index in [2.05, 4.69) is 25.9 Å². The molecule has 1 amide bonds. The quantitative estimate of drug-likeness (QED) is 0.596. The maximum Gasteiger partial charge on any atom is 0.436 e. The van der Waals surface area contributed by atoms with Gasteiger partial charge < -0.3 is 4.90 Å². The minimum Gasteiger partial charge on any atom is -0.339 e. The normalized spacial score (nSPS) is 18.1. The fourth-order valence-electron chi connectivity index (χ4n) is 3.73. The van der Waals surface area contributed by atoms with E-state index in [4.69, 9.17) is 0 Å². The monoisotopic (exact) mass is 488 g/mol. The Hall–Kier alpha value is -1.94. The minimum absolute atomic E-state index is 0.0170. The van der Waals surface area contributed by atoms with Crippen LogP contribution in [0.2, 0.25) is 0 Å². The van der Waals surface area contributed by atoms with Crippen molar-refractivity contribution >= 4 is 21.8 Å². The van der Waals surface area contributed by atoms with Crippen molar-refractivity contribution in [1.82, 2.24) is 19.6 Å². The Labute approximate surface area is 179 Å². The standard InChI is InChI=1S/C20H21BrF4N4O/c21-17-18(14-3-4-14)29(26-19(17)20(23,24)25)12-16(30)28-9-7-27(8-10-28)11-13-1-5-15(22)6-2-13/h1-2,5-6,14H,3-4,7-12H2. The number of hydrogen-bond donors (Lipinski definition) is 0. The molecule has 0 bridgehead atoms.